The highest BCUT2D eigenvalue weighted by Gasteiger charge is 2.11. The smallest absolute Gasteiger partial charge is 0.215 e. The van der Waals surface area contributed by atoms with E-state index in [-0.39, 0.29) is 0 Å². The van der Waals surface area contributed by atoms with Crippen LogP contribution in [0.4, 0.5) is 0 Å². The predicted molar refractivity (Wildman–Crippen MR) is 70.0 cm³/mol. The molecule has 1 atom stereocenters. The molecule has 0 aliphatic heterocycles. The number of hydrogen-bond acceptors (Lipinski definition) is 5. The standard InChI is InChI=1S/C11H16N4O2S/c1-17-9-5-4-8-10(14-9)15-11(13-8)18(16)7-3-2-6-12/h4-5H,2-3,6-7,12H2,1H3,(H,13,14,15). The summed E-state index contributed by atoms with van der Waals surface area (Å²) in [6.07, 6.45) is 1.70. The molecule has 98 valence electrons. The highest BCUT2D eigenvalue weighted by Crippen LogP contribution is 2.16. The second kappa shape index (κ2) is 5.92. The third kappa shape index (κ3) is 2.85. The maximum Gasteiger partial charge on any atom is 0.215 e. The van der Waals surface area contributed by atoms with Gasteiger partial charge in [0, 0.05) is 11.8 Å². The fourth-order valence-electron chi connectivity index (χ4n) is 1.55. The topological polar surface area (TPSA) is 93.9 Å². The normalized spacial score (nSPS) is 12.8. The van der Waals surface area contributed by atoms with Crippen molar-refractivity contribution in [1.82, 2.24) is 15.0 Å². The van der Waals surface area contributed by atoms with Crippen molar-refractivity contribution in [3.05, 3.63) is 12.1 Å². The van der Waals surface area contributed by atoms with E-state index in [0.29, 0.717) is 29.0 Å². The van der Waals surface area contributed by atoms with Gasteiger partial charge in [0.05, 0.1) is 23.4 Å². The van der Waals surface area contributed by atoms with E-state index in [2.05, 4.69) is 15.0 Å². The summed E-state index contributed by atoms with van der Waals surface area (Å²) in [5, 5.41) is 0.461. The van der Waals surface area contributed by atoms with E-state index in [0.717, 1.165) is 18.4 Å². The zero-order valence-electron chi connectivity index (χ0n) is 10.2. The van der Waals surface area contributed by atoms with Crippen molar-refractivity contribution in [3.63, 3.8) is 0 Å². The van der Waals surface area contributed by atoms with Gasteiger partial charge in [0.2, 0.25) is 5.88 Å². The number of aromatic amines is 1. The average Bonchev–Trinajstić information content (AvgIpc) is 2.81. The van der Waals surface area contributed by atoms with Gasteiger partial charge >= 0.3 is 0 Å². The Balaban J connectivity index is 2.16. The van der Waals surface area contributed by atoms with Crippen LogP contribution < -0.4 is 10.5 Å². The van der Waals surface area contributed by atoms with Gasteiger partial charge in [-0.25, -0.2) is 4.98 Å². The first-order valence-corrected chi connectivity index (χ1v) is 7.05. The number of hydrogen-bond donors (Lipinski definition) is 2. The molecular formula is C11H16N4O2S. The Morgan fingerprint density at radius 2 is 2.22 bits per heavy atom. The first kappa shape index (κ1) is 13.0. The Hall–Kier alpha value is -1.47. The highest BCUT2D eigenvalue weighted by atomic mass is 32.2. The van der Waals surface area contributed by atoms with E-state index in [9.17, 15) is 4.21 Å². The van der Waals surface area contributed by atoms with E-state index in [1.165, 1.54) is 0 Å². The third-order valence-corrected chi connectivity index (χ3v) is 3.79. The van der Waals surface area contributed by atoms with Crippen molar-refractivity contribution in [2.45, 2.75) is 18.0 Å². The molecule has 2 rings (SSSR count). The lowest BCUT2D eigenvalue weighted by Gasteiger charge is -1.96. The van der Waals surface area contributed by atoms with Gasteiger partial charge in [-0.2, -0.15) is 4.98 Å². The molecule has 0 amide bonds. The minimum atomic E-state index is -1.13. The van der Waals surface area contributed by atoms with Crippen LogP contribution >= 0.6 is 0 Å². The lowest BCUT2D eigenvalue weighted by molar-refractivity contribution is 0.399. The van der Waals surface area contributed by atoms with E-state index >= 15 is 0 Å². The summed E-state index contributed by atoms with van der Waals surface area (Å²) in [7, 11) is 0.419. The monoisotopic (exact) mass is 268 g/mol. The van der Waals surface area contributed by atoms with E-state index in [1.54, 1.807) is 13.2 Å². The minimum absolute atomic E-state index is 0.461. The molecule has 0 aromatic carbocycles. The van der Waals surface area contributed by atoms with Gasteiger partial charge in [-0.15, -0.1) is 0 Å². The van der Waals surface area contributed by atoms with Gasteiger partial charge in [0.25, 0.3) is 0 Å². The molecule has 2 heterocycles. The number of methoxy groups -OCH3 is 1. The van der Waals surface area contributed by atoms with Crippen LogP contribution in [0, 0.1) is 0 Å². The molecule has 0 fully saturated rings. The maximum atomic E-state index is 12.0. The Bertz CT molecular complexity index is 555. The summed E-state index contributed by atoms with van der Waals surface area (Å²) in [4.78, 5) is 11.4. The highest BCUT2D eigenvalue weighted by molar-refractivity contribution is 7.84. The lowest BCUT2D eigenvalue weighted by atomic mass is 10.3. The number of fused-ring (bicyclic) bond motifs is 1. The van der Waals surface area contributed by atoms with E-state index in [1.807, 2.05) is 6.07 Å². The molecule has 6 nitrogen and oxygen atoms in total. The number of nitrogens with one attached hydrogen (secondary N) is 1. The van der Waals surface area contributed by atoms with Crippen molar-refractivity contribution in [2.24, 2.45) is 5.73 Å². The molecule has 0 aliphatic rings. The number of pyridine rings is 1. The molecular weight excluding hydrogens is 252 g/mol. The second-order valence-corrected chi connectivity index (χ2v) is 5.30. The van der Waals surface area contributed by atoms with Crippen molar-refractivity contribution in [1.29, 1.82) is 0 Å². The summed E-state index contributed by atoms with van der Waals surface area (Å²) < 4.78 is 17.0. The van der Waals surface area contributed by atoms with Crippen LogP contribution in [0.3, 0.4) is 0 Å². The number of unbranched alkanes of at least 4 members (excludes halogenated alkanes) is 1. The molecule has 3 N–H and O–H groups in total. The van der Waals surface area contributed by atoms with Crippen LogP contribution in [0.15, 0.2) is 17.3 Å². The van der Waals surface area contributed by atoms with E-state index < -0.39 is 10.8 Å². The zero-order valence-corrected chi connectivity index (χ0v) is 11.0. The molecule has 7 heteroatoms. The molecule has 2 aromatic rings. The Labute approximate surface area is 107 Å². The maximum absolute atomic E-state index is 12.0. The number of imidazole rings is 1. The fraction of sp³-hybridized carbons (Fsp3) is 0.455. The van der Waals surface area contributed by atoms with Crippen molar-refractivity contribution in [3.8, 4) is 5.88 Å². The molecule has 0 aliphatic carbocycles. The molecule has 0 bridgehead atoms. The largest absolute Gasteiger partial charge is 0.481 e. The second-order valence-electron chi connectivity index (χ2n) is 3.81. The van der Waals surface area contributed by atoms with Gasteiger partial charge in [0.1, 0.15) is 0 Å². The van der Waals surface area contributed by atoms with E-state index in [4.69, 9.17) is 10.5 Å². The molecule has 1 unspecified atom stereocenters. The molecule has 2 aromatic heterocycles. The predicted octanol–water partition coefficient (Wildman–Crippen LogP) is 0.813. The van der Waals surface area contributed by atoms with Gasteiger partial charge in [-0.3, -0.25) is 4.21 Å². The summed E-state index contributed by atoms with van der Waals surface area (Å²) in [5.41, 5.74) is 6.69. The minimum Gasteiger partial charge on any atom is -0.481 e. The van der Waals surface area contributed by atoms with Crippen LogP contribution in [-0.2, 0) is 10.8 Å². The number of aromatic nitrogens is 3. The fourth-order valence-corrected chi connectivity index (χ4v) is 2.62. The molecule has 0 radical (unpaired) electrons. The summed E-state index contributed by atoms with van der Waals surface area (Å²) in [6, 6.07) is 3.55. The van der Waals surface area contributed by atoms with Crippen LogP contribution in [-0.4, -0.2) is 38.6 Å². The number of nitrogens with zero attached hydrogens (tertiary/aromatic N) is 2. The van der Waals surface area contributed by atoms with Crippen molar-refractivity contribution >= 4 is 22.0 Å². The Morgan fingerprint density at radius 3 is 2.94 bits per heavy atom. The van der Waals surface area contributed by atoms with Crippen molar-refractivity contribution < 1.29 is 8.95 Å². The molecule has 0 saturated carbocycles. The molecule has 0 spiro atoms. The summed E-state index contributed by atoms with van der Waals surface area (Å²) in [6.45, 7) is 0.621. The number of nitrogens with two attached hydrogens (primary N) is 1. The lowest BCUT2D eigenvalue weighted by Crippen LogP contribution is -2.04. The third-order valence-electron chi connectivity index (χ3n) is 2.51. The number of H-pyrrole nitrogens is 1. The zero-order chi connectivity index (χ0) is 13.0. The average molecular weight is 268 g/mol. The SMILES string of the molecule is COc1ccc2[nH]c(S(=O)CCCCN)nc2n1. The quantitative estimate of drug-likeness (QED) is 0.756. The van der Waals surface area contributed by atoms with Gasteiger partial charge in [-0.05, 0) is 25.5 Å². The van der Waals surface area contributed by atoms with Gasteiger partial charge < -0.3 is 15.5 Å². The summed E-state index contributed by atoms with van der Waals surface area (Å²) in [5.74, 6) is 1.06. The van der Waals surface area contributed by atoms with Crippen LogP contribution in [0.1, 0.15) is 12.8 Å². The number of ether oxygens (including phenoxy) is 1. The summed E-state index contributed by atoms with van der Waals surface area (Å²) >= 11 is 0. The van der Waals surface area contributed by atoms with Gasteiger partial charge in [0.15, 0.2) is 10.8 Å². The Kier molecular flexibility index (Phi) is 4.27. The van der Waals surface area contributed by atoms with Crippen LogP contribution in [0.2, 0.25) is 0 Å². The number of rotatable bonds is 6. The van der Waals surface area contributed by atoms with Gasteiger partial charge in [-0.1, -0.05) is 0 Å². The van der Waals surface area contributed by atoms with Crippen molar-refractivity contribution in [2.75, 3.05) is 19.4 Å². The van der Waals surface area contributed by atoms with Crippen LogP contribution in [0.5, 0.6) is 5.88 Å². The molecule has 0 saturated heterocycles. The Morgan fingerprint density at radius 1 is 1.39 bits per heavy atom. The first-order valence-electron chi connectivity index (χ1n) is 5.74. The van der Waals surface area contributed by atoms with Crippen LogP contribution in [0.25, 0.3) is 11.2 Å². The first-order chi connectivity index (χ1) is 8.74. The molecule has 18 heavy (non-hydrogen) atoms.